The number of hydrogen-bond acceptors (Lipinski definition) is 5. The second-order valence-corrected chi connectivity index (χ2v) is 6.70. The van der Waals surface area contributed by atoms with Crippen LogP contribution in [0.1, 0.15) is 30.0 Å². The number of benzene rings is 1. The van der Waals surface area contributed by atoms with E-state index >= 15 is 0 Å². The van der Waals surface area contributed by atoms with Crippen LogP contribution in [-0.4, -0.2) is 29.1 Å². The van der Waals surface area contributed by atoms with Crippen LogP contribution in [-0.2, 0) is 17.7 Å². The van der Waals surface area contributed by atoms with Crippen molar-refractivity contribution in [3.05, 3.63) is 75.8 Å². The minimum atomic E-state index is -0.173. The van der Waals surface area contributed by atoms with Gasteiger partial charge in [-0.05, 0) is 36.2 Å². The minimum absolute atomic E-state index is 0.0522. The molecule has 0 spiro atoms. The molecule has 0 saturated carbocycles. The number of pyridine rings is 1. The quantitative estimate of drug-likeness (QED) is 0.728. The molecule has 2 N–H and O–H groups in total. The molecule has 3 aromatic rings. The number of hydrogen-bond donors (Lipinski definition) is 2. The first-order chi connectivity index (χ1) is 13.2. The highest BCUT2D eigenvalue weighted by Crippen LogP contribution is 2.18. The van der Waals surface area contributed by atoms with Gasteiger partial charge in [0, 0.05) is 37.1 Å². The summed E-state index contributed by atoms with van der Waals surface area (Å²) < 4.78 is 7.47. The van der Waals surface area contributed by atoms with Crippen LogP contribution in [0.2, 0.25) is 0 Å². The number of para-hydroxylation sites is 1. The topological polar surface area (TPSA) is 67.7 Å². The first-order valence-corrected chi connectivity index (χ1v) is 9.41. The lowest BCUT2D eigenvalue weighted by molar-refractivity contribution is 0.0250. The lowest BCUT2D eigenvalue weighted by Crippen LogP contribution is -2.34. The summed E-state index contributed by atoms with van der Waals surface area (Å²) >= 11 is 0. The summed E-state index contributed by atoms with van der Waals surface area (Å²) in [6, 6.07) is 15.7. The fourth-order valence-corrected chi connectivity index (χ4v) is 3.43. The van der Waals surface area contributed by atoms with Gasteiger partial charge in [0.15, 0.2) is 0 Å². The molecular formula is C21H24N4O2. The normalized spacial score (nSPS) is 17.1. The number of nitrogens with one attached hydrogen (secondary N) is 2. The third-order valence-corrected chi connectivity index (χ3v) is 4.81. The molecule has 1 atom stereocenters. The number of aromatic nitrogens is 2. The molecule has 0 aliphatic carbocycles. The largest absolute Gasteiger partial charge is 0.381 e. The molecular weight excluding hydrogens is 340 g/mol. The Balaban J connectivity index is 1.69. The molecule has 2 aromatic heterocycles. The lowest BCUT2D eigenvalue weighted by atomic mass is 10.1. The number of fused-ring (bicyclic) bond motifs is 1. The third-order valence-electron chi connectivity index (χ3n) is 4.81. The Hall–Kier alpha value is -2.70. The van der Waals surface area contributed by atoms with Crippen molar-refractivity contribution in [1.82, 2.24) is 14.7 Å². The van der Waals surface area contributed by atoms with Crippen molar-refractivity contribution in [2.24, 2.45) is 0 Å². The third kappa shape index (κ3) is 3.86. The SMILES string of the molecule is CCc1cc(CNc2ccccc2)cc2nc(C3CNCCO3)cc(=O)n12. The maximum atomic E-state index is 12.7. The van der Waals surface area contributed by atoms with Gasteiger partial charge in [-0.2, -0.15) is 0 Å². The highest BCUT2D eigenvalue weighted by atomic mass is 16.5. The van der Waals surface area contributed by atoms with Gasteiger partial charge in [-0.25, -0.2) is 4.98 Å². The van der Waals surface area contributed by atoms with Crippen molar-refractivity contribution < 1.29 is 4.74 Å². The first-order valence-electron chi connectivity index (χ1n) is 9.41. The standard InChI is InChI=1S/C21H24N4O2/c1-2-17-10-15(13-23-16-6-4-3-5-7-16)11-20-24-18(12-21(26)25(17)20)19-14-22-8-9-27-19/h3-7,10-12,19,22-23H,2,8-9,13-14H2,1H3. The van der Waals surface area contributed by atoms with Crippen molar-refractivity contribution in [1.29, 1.82) is 0 Å². The van der Waals surface area contributed by atoms with E-state index in [4.69, 9.17) is 9.72 Å². The predicted octanol–water partition coefficient (Wildman–Crippen LogP) is 2.53. The molecule has 0 amide bonds. The van der Waals surface area contributed by atoms with E-state index < -0.39 is 0 Å². The average Bonchev–Trinajstić information content (AvgIpc) is 2.72. The van der Waals surface area contributed by atoms with Crippen LogP contribution >= 0.6 is 0 Å². The fraction of sp³-hybridized carbons (Fsp3) is 0.333. The van der Waals surface area contributed by atoms with Gasteiger partial charge in [-0.3, -0.25) is 9.20 Å². The highest BCUT2D eigenvalue weighted by molar-refractivity contribution is 5.48. The summed E-state index contributed by atoms with van der Waals surface area (Å²) in [7, 11) is 0. The van der Waals surface area contributed by atoms with E-state index in [1.807, 2.05) is 36.4 Å². The zero-order chi connectivity index (χ0) is 18.6. The molecule has 6 heteroatoms. The van der Waals surface area contributed by atoms with Gasteiger partial charge in [-0.1, -0.05) is 25.1 Å². The Bertz CT molecular complexity index is 979. The van der Waals surface area contributed by atoms with Crippen molar-refractivity contribution in [2.45, 2.75) is 26.0 Å². The summed E-state index contributed by atoms with van der Waals surface area (Å²) in [6.07, 6.45) is 0.589. The van der Waals surface area contributed by atoms with Gasteiger partial charge < -0.3 is 15.4 Å². The van der Waals surface area contributed by atoms with Gasteiger partial charge in [0.1, 0.15) is 11.8 Å². The van der Waals surface area contributed by atoms with E-state index in [2.05, 4.69) is 23.6 Å². The highest BCUT2D eigenvalue weighted by Gasteiger charge is 2.19. The Labute approximate surface area is 158 Å². The van der Waals surface area contributed by atoms with Crippen molar-refractivity contribution in [3.63, 3.8) is 0 Å². The Morgan fingerprint density at radius 2 is 2.11 bits per heavy atom. The van der Waals surface area contributed by atoms with Gasteiger partial charge in [0.05, 0.1) is 12.3 Å². The monoisotopic (exact) mass is 364 g/mol. The number of rotatable bonds is 5. The maximum Gasteiger partial charge on any atom is 0.258 e. The molecule has 27 heavy (non-hydrogen) atoms. The molecule has 1 saturated heterocycles. The van der Waals surface area contributed by atoms with Crippen LogP contribution < -0.4 is 16.2 Å². The van der Waals surface area contributed by atoms with Gasteiger partial charge in [0.25, 0.3) is 5.56 Å². The van der Waals surface area contributed by atoms with Gasteiger partial charge in [-0.15, -0.1) is 0 Å². The van der Waals surface area contributed by atoms with Crippen LogP contribution in [0.15, 0.2) is 53.3 Å². The molecule has 140 valence electrons. The number of nitrogens with zero attached hydrogens (tertiary/aromatic N) is 2. The zero-order valence-electron chi connectivity index (χ0n) is 15.4. The summed E-state index contributed by atoms with van der Waals surface area (Å²) in [5.74, 6) is 0. The summed E-state index contributed by atoms with van der Waals surface area (Å²) in [5.41, 5.74) is 4.45. The van der Waals surface area contributed by atoms with Crippen LogP contribution in [0.4, 0.5) is 5.69 Å². The van der Waals surface area contributed by atoms with E-state index in [0.717, 1.165) is 29.9 Å². The van der Waals surface area contributed by atoms with Crippen molar-refractivity contribution >= 4 is 11.3 Å². The second kappa shape index (κ2) is 7.90. The maximum absolute atomic E-state index is 12.7. The summed E-state index contributed by atoms with van der Waals surface area (Å²) in [4.78, 5) is 17.5. The lowest BCUT2D eigenvalue weighted by Gasteiger charge is -2.23. The van der Waals surface area contributed by atoms with E-state index in [1.54, 1.807) is 10.5 Å². The molecule has 3 heterocycles. The molecule has 0 radical (unpaired) electrons. The van der Waals surface area contributed by atoms with E-state index in [-0.39, 0.29) is 11.7 Å². The molecule has 1 unspecified atom stereocenters. The van der Waals surface area contributed by atoms with E-state index in [1.165, 1.54) is 0 Å². The molecule has 1 aliphatic heterocycles. The van der Waals surface area contributed by atoms with E-state index in [0.29, 0.717) is 31.0 Å². The molecule has 1 aliphatic rings. The number of anilines is 1. The number of morpholine rings is 1. The zero-order valence-corrected chi connectivity index (χ0v) is 15.4. The minimum Gasteiger partial charge on any atom is -0.381 e. The summed E-state index contributed by atoms with van der Waals surface area (Å²) in [5, 5.41) is 6.71. The molecule has 0 bridgehead atoms. The average molecular weight is 364 g/mol. The molecule has 1 aromatic carbocycles. The summed E-state index contributed by atoms with van der Waals surface area (Å²) in [6.45, 7) is 4.87. The smallest absolute Gasteiger partial charge is 0.258 e. The van der Waals surface area contributed by atoms with Crippen LogP contribution in [0.5, 0.6) is 0 Å². The fourth-order valence-electron chi connectivity index (χ4n) is 3.43. The van der Waals surface area contributed by atoms with Crippen molar-refractivity contribution in [3.8, 4) is 0 Å². The Morgan fingerprint density at radius 1 is 1.26 bits per heavy atom. The Morgan fingerprint density at radius 3 is 2.85 bits per heavy atom. The first kappa shape index (κ1) is 17.7. The van der Waals surface area contributed by atoms with Crippen LogP contribution in [0, 0.1) is 0 Å². The number of aryl methyl sites for hydroxylation is 1. The number of ether oxygens (including phenoxy) is 1. The molecule has 6 nitrogen and oxygen atoms in total. The van der Waals surface area contributed by atoms with E-state index in [9.17, 15) is 4.79 Å². The van der Waals surface area contributed by atoms with Gasteiger partial charge >= 0.3 is 0 Å². The van der Waals surface area contributed by atoms with Crippen LogP contribution in [0.25, 0.3) is 5.65 Å². The van der Waals surface area contributed by atoms with Gasteiger partial charge in [0.2, 0.25) is 0 Å². The second-order valence-electron chi connectivity index (χ2n) is 6.70. The Kier molecular flexibility index (Phi) is 5.18. The predicted molar refractivity (Wildman–Crippen MR) is 106 cm³/mol. The molecule has 1 fully saturated rings. The van der Waals surface area contributed by atoms with Crippen molar-refractivity contribution in [2.75, 3.05) is 25.0 Å². The molecule has 4 rings (SSSR count). The van der Waals surface area contributed by atoms with Crippen LogP contribution in [0.3, 0.4) is 0 Å².